The van der Waals surface area contributed by atoms with Gasteiger partial charge in [-0.25, -0.2) is 0 Å². The number of hydrogen-bond donors (Lipinski definition) is 1. The lowest BCUT2D eigenvalue weighted by Gasteiger charge is -2.02. The Balaban J connectivity index is 2.40. The molecule has 0 aliphatic carbocycles. The number of nitrogens with zero attached hydrogens (tertiary/aromatic N) is 2. The van der Waals surface area contributed by atoms with Gasteiger partial charge in [0, 0.05) is 18.2 Å². The SMILES string of the molecule is COCCn1ncc2ccc(N)cc21. The minimum absolute atomic E-state index is 0.658. The number of rotatable bonds is 3. The third-order valence-electron chi connectivity index (χ3n) is 2.18. The van der Waals surface area contributed by atoms with Gasteiger partial charge in [-0.05, 0) is 18.2 Å². The standard InChI is InChI=1S/C10H13N3O/c1-14-5-4-13-10-6-9(11)3-2-8(10)7-12-13/h2-3,6-7H,4-5,11H2,1H3. The molecule has 0 radical (unpaired) electrons. The van der Waals surface area contributed by atoms with Crippen LogP contribution in [0.15, 0.2) is 24.4 Å². The molecule has 0 aliphatic rings. The Morgan fingerprint density at radius 3 is 3.14 bits per heavy atom. The summed E-state index contributed by atoms with van der Waals surface area (Å²) in [7, 11) is 1.68. The molecule has 2 aromatic rings. The van der Waals surface area contributed by atoms with E-state index in [1.54, 1.807) is 7.11 Å². The monoisotopic (exact) mass is 191 g/mol. The molecule has 0 spiro atoms. The highest BCUT2D eigenvalue weighted by atomic mass is 16.5. The topological polar surface area (TPSA) is 53.1 Å². The van der Waals surface area contributed by atoms with E-state index in [1.165, 1.54) is 0 Å². The van der Waals surface area contributed by atoms with Gasteiger partial charge in [0.15, 0.2) is 0 Å². The predicted molar refractivity (Wildman–Crippen MR) is 56.0 cm³/mol. The summed E-state index contributed by atoms with van der Waals surface area (Å²) in [6.07, 6.45) is 1.84. The average Bonchev–Trinajstić information content (AvgIpc) is 2.57. The van der Waals surface area contributed by atoms with Crippen molar-refractivity contribution in [2.45, 2.75) is 6.54 Å². The molecule has 0 bridgehead atoms. The summed E-state index contributed by atoms with van der Waals surface area (Å²) < 4.78 is 6.90. The molecule has 1 aromatic carbocycles. The Morgan fingerprint density at radius 1 is 1.50 bits per heavy atom. The van der Waals surface area contributed by atoms with Gasteiger partial charge < -0.3 is 10.5 Å². The Hall–Kier alpha value is -1.55. The van der Waals surface area contributed by atoms with Crippen molar-refractivity contribution < 1.29 is 4.74 Å². The van der Waals surface area contributed by atoms with E-state index in [2.05, 4.69) is 5.10 Å². The molecule has 0 saturated carbocycles. The summed E-state index contributed by atoms with van der Waals surface area (Å²) in [4.78, 5) is 0. The molecule has 0 aliphatic heterocycles. The van der Waals surface area contributed by atoms with Crippen LogP contribution in [0, 0.1) is 0 Å². The molecule has 0 unspecified atom stereocenters. The summed E-state index contributed by atoms with van der Waals surface area (Å²) in [5, 5.41) is 5.36. The van der Waals surface area contributed by atoms with Gasteiger partial charge in [0.25, 0.3) is 0 Å². The van der Waals surface area contributed by atoms with Gasteiger partial charge in [-0.2, -0.15) is 5.10 Å². The van der Waals surface area contributed by atoms with Crippen molar-refractivity contribution in [3.63, 3.8) is 0 Å². The second-order valence-corrected chi connectivity index (χ2v) is 3.18. The smallest absolute Gasteiger partial charge is 0.0703 e. The normalized spacial score (nSPS) is 10.9. The van der Waals surface area contributed by atoms with E-state index in [0.717, 1.165) is 23.1 Å². The first-order valence-electron chi connectivity index (χ1n) is 4.51. The Kier molecular flexibility index (Phi) is 2.37. The average molecular weight is 191 g/mol. The van der Waals surface area contributed by atoms with E-state index in [0.29, 0.717) is 6.61 Å². The zero-order chi connectivity index (χ0) is 9.97. The van der Waals surface area contributed by atoms with E-state index in [9.17, 15) is 0 Å². The van der Waals surface area contributed by atoms with E-state index in [4.69, 9.17) is 10.5 Å². The van der Waals surface area contributed by atoms with Crippen LogP contribution in [0.5, 0.6) is 0 Å². The van der Waals surface area contributed by atoms with Crippen molar-refractivity contribution in [3.8, 4) is 0 Å². The fraction of sp³-hybridized carbons (Fsp3) is 0.300. The first-order chi connectivity index (χ1) is 6.81. The Morgan fingerprint density at radius 2 is 2.36 bits per heavy atom. The number of benzene rings is 1. The molecule has 0 amide bonds. The summed E-state index contributed by atoms with van der Waals surface area (Å²) in [6.45, 7) is 1.41. The highest BCUT2D eigenvalue weighted by molar-refractivity contribution is 5.81. The number of nitrogens with two attached hydrogens (primary N) is 1. The molecular weight excluding hydrogens is 178 g/mol. The molecule has 0 atom stereocenters. The van der Waals surface area contributed by atoms with Gasteiger partial charge in [0.05, 0.1) is 24.9 Å². The minimum Gasteiger partial charge on any atom is -0.399 e. The maximum absolute atomic E-state index is 5.71. The van der Waals surface area contributed by atoms with Crippen LogP contribution < -0.4 is 5.73 Å². The van der Waals surface area contributed by atoms with Crippen LogP contribution in [-0.2, 0) is 11.3 Å². The summed E-state index contributed by atoms with van der Waals surface area (Å²) >= 11 is 0. The minimum atomic E-state index is 0.658. The highest BCUT2D eigenvalue weighted by Crippen LogP contribution is 2.16. The number of ether oxygens (including phenoxy) is 1. The van der Waals surface area contributed by atoms with E-state index in [-0.39, 0.29) is 0 Å². The summed E-state index contributed by atoms with van der Waals surface area (Å²) in [6, 6.07) is 5.78. The second-order valence-electron chi connectivity index (χ2n) is 3.18. The fourth-order valence-electron chi connectivity index (χ4n) is 1.44. The van der Waals surface area contributed by atoms with Crippen LogP contribution in [0.25, 0.3) is 10.9 Å². The number of fused-ring (bicyclic) bond motifs is 1. The van der Waals surface area contributed by atoms with Crippen LogP contribution in [0.4, 0.5) is 5.69 Å². The molecule has 0 saturated heterocycles. The predicted octanol–water partition coefficient (Wildman–Crippen LogP) is 1.26. The number of anilines is 1. The number of aromatic nitrogens is 2. The van der Waals surface area contributed by atoms with Crippen molar-refractivity contribution in [3.05, 3.63) is 24.4 Å². The Labute approximate surface area is 82.3 Å². The molecule has 4 nitrogen and oxygen atoms in total. The zero-order valence-corrected chi connectivity index (χ0v) is 8.10. The Bertz CT molecular complexity index is 436. The molecule has 2 rings (SSSR count). The third kappa shape index (κ3) is 1.56. The lowest BCUT2D eigenvalue weighted by molar-refractivity contribution is 0.185. The third-order valence-corrected chi connectivity index (χ3v) is 2.18. The molecular formula is C10H13N3O. The van der Waals surface area contributed by atoms with Crippen LogP contribution in [0.2, 0.25) is 0 Å². The van der Waals surface area contributed by atoms with Gasteiger partial charge in [0.2, 0.25) is 0 Å². The first-order valence-corrected chi connectivity index (χ1v) is 4.51. The summed E-state index contributed by atoms with van der Waals surface area (Å²) in [5.41, 5.74) is 7.53. The van der Waals surface area contributed by atoms with E-state index in [1.807, 2.05) is 29.1 Å². The van der Waals surface area contributed by atoms with Crippen LogP contribution in [-0.4, -0.2) is 23.5 Å². The molecule has 0 fully saturated rings. The molecule has 1 heterocycles. The van der Waals surface area contributed by atoms with Gasteiger partial charge in [0.1, 0.15) is 0 Å². The molecule has 2 N–H and O–H groups in total. The van der Waals surface area contributed by atoms with Crippen LogP contribution >= 0.6 is 0 Å². The van der Waals surface area contributed by atoms with Crippen molar-refractivity contribution in [1.29, 1.82) is 0 Å². The fourth-order valence-corrected chi connectivity index (χ4v) is 1.44. The number of hydrogen-bond acceptors (Lipinski definition) is 3. The van der Waals surface area contributed by atoms with Crippen molar-refractivity contribution in [2.24, 2.45) is 0 Å². The highest BCUT2D eigenvalue weighted by Gasteiger charge is 2.01. The lowest BCUT2D eigenvalue weighted by atomic mass is 10.2. The van der Waals surface area contributed by atoms with Gasteiger partial charge in [-0.3, -0.25) is 4.68 Å². The number of methoxy groups -OCH3 is 1. The zero-order valence-electron chi connectivity index (χ0n) is 8.10. The molecule has 74 valence electrons. The number of nitrogen functional groups attached to an aromatic ring is 1. The molecule has 1 aromatic heterocycles. The van der Waals surface area contributed by atoms with E-state index < -0.39 is 0 Å². The van der Waals surface area contributed by atoms with Crippen molar-refractivity contribution in [1.82, 2.24) is 9.78 Å². The van der Waals surface area contributed by atoms with E-state index >= 15 is 0 Å². The lowest BCUT2D eigenvalue weighted by Crippen LogP contribution is -2.05. The van der Waals surface area contributed by atoms with Crippen LogP contribution in [0.1, 0.15) is 0 Å². The van der Waals surface area contributed by atoms with Gasteiger partial charge in [-0.1, -0.05) is 0 Å². The van der Waals surface area contributed by atoms with Crippen molar-refractivity contribution >= 4 is 16.6 Å². The van der Waals surface area contributed by atoms with Crippen molar-refractivity contribution in [2.75, 3.05) is 19.5 Å². The summed E-state index contributed by atoms with van der Waals surface area (Å²) in [5.74, 6) is 0. The maximum Gasteiger partial charge on any atom is 0.0703 e. The largest absolute Gasteiger partial charge is 0.399 e. The maximum atomic E-state index is 5.71. The molecule has 4 heteroatoms. The molecule has 14 heavy (non-hydrogen) atoms. The second kappa shape index (κ2) is 3.67. The van der Waals surface area contributed by atoms with Gasteiger partial charge >= 0.3 is 0 Å². The first kappa shape index (κ1) is 9.02. The van der Waals surface area contributed by atoms with Gasteiger partial charge in [-0.15, -0.1) is 0 Å². The van der Waals surface area contributed by atoms with Crippen LogP contribution in [0.3, 0.4) is 0 Å². The quantitative estimate of drug-likeness (QED) is 0.743.